The maximum Gasteiger partial charge on any atom is 0.425 e. The molecular weight excluding hydrogens is 446 g/mol. The second-order valence-corrected chi connectivity index (χ2v) is 10.9. The van der Waals surface area contributed by atoms with Crippen LogP contribution in [0.1, 0.15) is 72.8 Å². The maximum absolute atomic E-state index is 13.4. The van der Waals surface area contributed by atoms with Gasteiger partial charge in [0.05, 0.1) is 5.92 Å². The molecule has 0 unspecified atom stereocenters. The summed E-state index contributed by atoms with van der Waals surface area (Å²) in [6.45, 7) is 11.2. The van der Waals surface area contributed by atoms with Gasteiger partial charge in [-0.3, -0.25) is 19.0 Å². The van der Waals surface area contributed by atoms with Crippen LogP contribution in [0.5, 0.6) is 0 Å². The van der Waals surface area contributed by atoms with E-state index in [0.29, 0.717) is 11.0 Å². The highest BCUT2D eigenvalue weighted by atomic mass is 16.6. The van der Waals surface area contributed by atoms with E-state index >= 15 is 0 Å². The molecule has 11 nitrogen and oxygen atoms in total. The van der Waals surface area contributed by atoms with Crippen molar-refractivity contribution in [1.82, 2.24) is 9.13 Å². The molecular formula is C23H35N3O8. The highest BCUT2D eigenvalue weighted by Crippen LogP contribution is 2.41. The van der Waals surface area contributed by atoms with Crippen molar-refractivity contribution in [3.8, 4) is 0 Å². The van der Waals surface area contributed by atoms with Crippen LogP contribution in [0.4, 0.5) is 4.79 Å². The molecule has 0 aromatic carbocycles. The first-order valence-corrected chi connectivity index (χ1v) is 11.2. The van der Waals surface area contributed by atoms with Crippen LogP contribution in [0.15, 0.2) is 15.8 Å². The lowest BCUT2D eigenvalue weighted by molar-refractivity contribution is -0.168. The highest BCUT2D eigenvalue weighted by Gasteiger charge is 2.49. The molecule has 0 amide bonds. The van der Waals surface area contributed by atoms with Crippen LogP contribution in [-0.2, 0) is 24.7 Å². The topological polar surface area (TPSA) is 160 Å². The fraction of sp³-hybridized carbons (Fsp3) is 0.696. The summed E-state index contributed by atoms with van der Waals surface area (Å²) < 4.78 is 12.2. The zero-order valence-corrected chi connectivity index (χ0v) is 20.8. The first kappa shape index (κ1) is 27.3. The number of rotatable bonds is 4. The molecule has 1 aromatic rings. The standard InChI is InChI=1S/C23H35N3O8/c1-13-12-25(19(31)26(17(13)29)20(32)34-22(5,6)7)23(24)9-8-14(11-16(27)28)10-15(23)18(30)33-21(2,3)4/h12,14-15H,8-11,24H2,1-7H3,(H,27,28)/t14-,15+,23-/m1/s1. The molecule has 0 aliphatic heterocycles. The first-order valence-electron chi connectivity index (χ1n) is 11.2. The number of esters is 1. The van der Waals surface area contributed by atoms with Gasteiger partial charge in [0.25, 0.3) is 5.56 Å². The number of nitrogens with two attached hydrogens (primary N) is 1. The number of aromatic nitrogens is 2. The van der Waals surface area contributed by atoms with Crippen molar-refractivity contribution in [2.75, 3.05) is 0 Å². The minimum Gasteiger partial charge on any atom is -0.481 e. The van der Waals surface area contributed by atoms with Crippen LogP contribution in [0, 0.1) is 18.8 Å². The molecule has 0 spiro atoms. The Kier molecular flexibility index (Phi) is 7.51. The lowest BCUT2D eigenvalue weighted by Crippen LogP contribution is -2.62. The Morgan fingerprint density at radius 1 is 1.12 bits per heavy atom. The van der Waals surface area contributed by atoms with Crippen LogP contribution in [-0.4, -0.2) is 43.5 Å². The number of aryl methyl sites for hydroxylation is 1. The summed E-state index contributed by atoms with van der Waals surface area (Å²) in [6.07, 6.45) is 0.340. The molecule has 3 N–H and O–H groups in total. The summed E-state index contributed by atoms with van der Waals surface area (Å²) in [5, 5.41) is 9.23. The zero-order chi connectivity index (χ0) is 26.2. The molecule has 0 saturated heterocycles. The molecule has 1 aliphatic carbocycles. The van der Waals surface area contributed by atoms with Gasteiger partial charge in [0, 0.05) is 18.2 Å². The van der Waals surface area contributed by atoms with Gasteiger partial charge in [0.2, 0.25) is 0 Å². The van der Waals surface area contributed by atoms with Crippen LogP contribution >= 0.6 is 0 Å². The average Bonchev–Trinajstić information content (AvgIpc) is 2.63. The number of carboxylic acid groups (broad SMARTS) is 1. The number of ether oxygens (including phenoxy) is 2. The van der Waals surface area contributed by atoms with Crippen molar-refractivity contribution in [2.45, 2.75) is 91.0 Å². The molecule has 190 valence electrons. The number of carbonyl (C=O) groups excluding carboxylic acids is 2. The summed E-state index contributed by atoms with van der Waals surface area (Å²) in [5.41, 5.74) is 1.37. The van der Waals surface area contributed by atoms with E-state index in [1.54, 1.807) is 41.5 Å². The molecule has 11 heteroatoms. The third-order valence-electron chi connectivity index (χ3n) is 5.57. The van der Waals surface area contributed by atoms with E-state index in [4.69, 9.17) is 15.2 Å². The molecule has 1 fully saturated rings. The minimum absolute atomic E-state index is 0.0471. The summed E-state index contributed by atoms with van der Waals surface area (Å²) in [7, 11) is 0. The predicted octanol–water partition coefficient (Wildman–Crippen LogP) is 1.95. The smallest absolute Gasteiger partial charge is 0.425 e. The fourth-order valence-corrected chi connectivity index (χ4v) is 4.10. The van der Waals surface area contributed by atoms with Crippen molar-refractivity contribution in [3.05, 3.63) is 32.6 Å². The van der Waals surface area contributed by atoms with Crippen molar-refractivity contribution < 1.29 is 29.0 Å². The van der Waals surface area contributed by atoms with Crippen LogP contribution in [0.3, 0.4) is 0 Å². The average molecular weight is 482 g/mol. The normalized spacial score (nSPS) is 23.3. The Morgan fingerprint density at radius 3 is 2.18 bits per heavy atom. The predicted molar refractivity (Wildman–Crippen MR) is 122 cm³/mol. The summed E-state index contributed by atoms with van der Waals surface area (Å²) in [6, 6.07) is 0. The van der Waals surface area contributed by atoms with E-state index in [1.807, 2.05) is 0 Å². The van der Waals surface area contributed by atoms with Crippen LogP contribution in [0.2, 0.25) is 0 Å². The van der Waals surface area contributed by atoms with Crippen molar-refractivity contribution in [2.24, 2.45) is 17.6 Å². The first-order chi connectivity index (χ1) is 15.4. The van der Waals surface area contributed by atoms with Gasteiger partial charge in [-0.15, -0.1) is 0 Å². The summed E-state index contributed by atoms with van der Waals surface area (Å²) in [5.74, 6) is -3.15. The quantitative estimate of drug-likeness (QED) is 0.612. The molecule has 34 heavy (non-hydrogen) atoms. The molecule has 1 saturated carbocycles. The fourth-order valence-electron chi connectivity index (χ4n) is 4.10. The van der Waals surface area contributed by atoms with Gasteiger partial charge in [-0.1, -0.05) is 0 Å². The minimum atomic E-state index is -1.66. The number of nitrogens with zero attached hydrogens (tertiary/aromatic N) is 2. The second-order valence-electron chi connectivity index (χ2n) is 10.9. The van der Waals surface area contributed by atoms with Crippen molar-refractivity contribution >= 4 is 18.0 Å². The maximum atomic E-state index is 13.4. The zero-order valence-electron chi connectivity index (χ0n) is 20.8. The van der Waals surface area contributed by atoms with E-state index in [1.165, 1.54) is 13.1 Å². The molecule has 0 bridgehead atoms. The number of carbonyl (C=O) groups is 3. The molecule has 1 aromatic heterocycles. The Bertz CT molecular complexity index is 1090. The van der Waals surface area contributed by atoms with Crippen LogP contribution < -0.4 is 17.0 Å². The molecule has 2 rings (SSSR count). The van der Waals surface area contributed by atoms with E-state index < -0.39 is 52.1 Å². The Hall–Kier alpha value is -2.95. The molecule has 0 radical (unpaired) electrons. The third kappa shape index (κ3) is 6.13. The van der Waals surface area contributed by atoms with Gasteiger partial charge in [0.1, 0.15) is 16.9 Å². The Balaban J connectivity index is 2.66. The van der Waals surface area contributed by atoms with E-state index in [9.17, 15) is 29.1 Å². The second kappa shape index (κ2) is 9.36. The monoisotopic (exact) mass is 481 g/mol. The van der Waals surface area contributed by atoms with Crippen LogP contribution in [0.25, 0.3) is 0 Å². The Morgan fingerprint density at radius 2 is 1.68 bits per heavy atom. The third-order valence-corrected chi connectivity index (χ3v) is 5.57. The summed E-state index contributed by atoms with van der Waals surface area (Å²) in [4.78, 5) is 63.2. The van der Waals surface area contributed by atoms with Crippen molar-refractivity contribution in [3.63, 3.8) is 0 Å². The van der Waals surface area contributed by atoms with Gasteiger partial charge in [-0.2, -0.15) is 4.57 Å². The van der Waals surface area contributed by atoms with Gasteiger partial charge in [0.15, 0.2) is 0 Å². The molecule has 1 aliphatic rings. The molecule has 3 atom stereocenters. The van der Waals surface area contributed by atoms with E-state index in [2.05, 4.69) is 0 Å². The number of hydrogen-bond donors (Lipinski definition) is 2. The van der Waals surface area contributed by atoms with E-state index in [0.717, 1.165) is 4.57 Å². The van der Waals surface area contributed by atoms with Gasteiger partial charge in [-0.25, -0.2) is 9.59 Å². The number of hydrogen-bond acceptors (Lipinski definition) is 8. The van der Waals surface area contributed by atoms with Gasteiger partial charge < -0.3 is 20.3 Å². The number of aliphatic carboxylic acids is 1. The lowest BCUT2D eigenvalue weighted by atomic mass is 9.72. The highest BCUT2D eigenvalue weighted by molar-refractivity contribution is 5.75. The number of carboxylic acids is 1. The molecule has 1 heterocycles. The van der Waals surface area contributed by atoms with Crippen molar-refractivity contribution in [1.29, 1.82) is 0 Å². The SMILES string of the molecule is Cc1cn([C@]2(N)CC[C@@H](CC(=O)O)C[C@H]2C(=O)OC(C)(C)C)c(=O)n(C(=O)OC(C)(C)C)c1=O. The Labute approximate surface area is 197 Å². The largest absolute Gasteiger partial charge is 0.481 e. The lowest BCUT2D eigenvalue weighted by Gasteiger charge is -2.44. The van der Waals surface area contributed by atoms with Gasteiger partial charge in [-0.05, 0) is 73.6 Å². The van der Waals surface area contributed by atoms with Gasteiger partial charge >= 0.3 is 23.7 Å². The van der Waals surface area contributed by atoms with E-state index in [-0.39, 0.29) is 30.7 Å². The summed E-state index contributed by atoms with van der Waals surface area (Å²) >= 11 is 0.